The number of benzene rings is 1. The van der Waals surface area contributed by atoms with Crippen LogP contribution in [0.2, 0.25) is 0 Å². The Labute approximate surface area is 107 Å². The number of nitrogens with two attached hydrogens (primary N) is 1. The average Bonchev–Trinajstić information content (AvgIpc) is 2.84. The van der Waals surface area contributed by atoms with Crippen molar-refractivity contribution in [3.05, 3.63) is 48.0 Å². The minimum absolute atomic E-state index is 0.0561. The number of ether oxygens (including phenoxy) is 1. The van der Waals surface area contributed by atoms with Gasteiger partial charge in [-0.15, -0.1) is 0 Å². The molecule has 2 rings (SSSR count). The van der Waals surface area contributed by atoms with Crippen molar-refractivity contribution in [2.24, 2.45) is 5.73 Å². The zero-order chi connectivity index (χ0) is 13.0. The van der Waals surface area contributed by atoms with Gasteiger partial charge in [0.2, 0.25) is 0 Å². The van der Waals surface area contributed by atoms with Gasteiger partial charge in [-0.25, -0.2) is 4.98 Å². The van der Waals surface area contributed by atoms with Gasteiger partial charge < -0.3 is 15.0 Å². The van der Waals surface area contributed by atoms with Gasteiger partial charge in [0.1, 0.15) is 12.4 Å². The molecule has 4 heteroatoms. The van der Waals surface area contributed by atoms with Crippen LogP contribution in [0.3, 0.4) is 0 Å². The van der Waals surface area contributed by atoms with Crippen molar-refractivity contribution >= 4 is 0 Å². The first-order valence-corrected chi connectivity index (χ1v) is 6.18. The van der Waals surface area contributed by atoms with E-state index in [-0.39, 0.29) is 6.04 Å². The topological polar surface area (TPSA) is 53.1 Å². The van der Waals surface area contributed by atoms with Gasteiger partial charge in [0.05, 0.1) is 18.2 Å². The molecule has 0 aliphatic carbocycles. The van der Waals surface area contributed by atoms with Gasteiger partial charge in [0.25, 0.3) is 0 Å². The van der Waals surface area contributed by atoms with Gasteiger partial charge in [-0.05, 0) is 31.5 Å². The Kier molecular flexibility index (Phi) is 3.99. The van der Waals surface area contributed by atoms with E-state index in [1.54, 1.807) is 0 Å². The first kappa shape index (κ1) is 12.6. The Morgan fingerprint density at radius 3 is 2.67 bits per heavy atom. The summed E-state index contributed by atoms with van der Waals surface area (Å²) in [4.78, 5) is 4.11. The molecule has 96 valence electrons. The standard InChI is InChI=1S/C14H19N3O/c1-3-17-10-16-8-13(17)9-18-14-6-4-12(5-7-14)11(2)15/h4-8,10-11H,3,9,15H2,1-2H3/t11-/m1/s1. The molecule has 0 aliphatic heterocycles. The number of nitrogens with zero attached hydrogens (tertiary/aromatic N) is 2. The Morgan fingerprint density at radius 1 is 1.33 bits per heavy atom. The van der Waals surface area contributed by atoms with E-state index in [1.807, 2.05) is 43.7 Å². The molecule has 0 bridgehead atoms. The molecule has 1 aromatic carbocycles. The molecule has 0 saturated heterocycles. The smallest absolute Gasteiger partial charge is 0.130 e. The number of aromatic nitrogens is 2. The molecule has 2 aromatic rings. The highest BCUT2D eigenvalue weighted by atomic mass is 16.5. The van der Waals surface area contributed by atoms with Crippen LogP contribution >= 0.6 is 0 Å². The first-order chi connectivity index (χ1) is 8.70. The van der Waals surface area contributed by atoms with E-state index in [4.69, 9.17) is 10.5 Å². The van der Waals surface area contributed by atoms with Gasteiger partial charge in [-0.3, -0.25) is 0 Å². The fourth-order valence-corrected chi connectivity index (χ4v) is 1.78. The van der Waals surface area contributed by atoms with E-state index in [0.29, 0.717) is 6.61 Å². The Hall–Kier alpha value is -1.81. The number of hydrogen-bond acceptors (Lipinski definition) is 3. The van der Waals surface area contributed by atoms with Crippen LogP contribution in [-0.4, -0.2) is 9.55 Å². The molecule has 0 unspecified atom stereocenters. The monoisotopic (exact) mass is 245 g/mol. The van der Waals surface area contributed by atoms with Crippen LogP contribution in [0.1, 0.15) is 31.1 Å². The summed E-state index contributed by atoms with van der Waals surface area (Å²) < 4.78 is 7.79. The molecular formula is C14H19N3O. The van der Waals surface area contributed by atoms with Gasteiger partial charge in [0, 0.05) is 12.6 Å². The second kappa shape index (κ2) is 5.69. The lowest BCUT2D eigenvalue weighted by molar-refractivity contribution is 0.295. The number of imidazole rings is 1. The van der Waals surface area contributed by atoms with E-state index in [1.165, 1.54) is 0 Å². The van der Waals surface area contributed by atoms with Crippen molar-refractivity contribution in [1.82, 2.24) is 9.55 Å². The minimum Gasteiger partial charge on any atom is -0.487 e. The third kappa shape index (κ3) is 2.90. The van der Waals surface area contributed by atoms with Crippen molar-refractivity contribution in [3.63, 3.8) is 0 Å². The summed E-state index contributed by atoms with van der Waals surface area (Å²) in [6, 6.07) is 7.95. The Bertz CT molecular complexity index is 488. The summed E-state index contributed by atoms with van der Waals surface area (Å²) in [6.07, 6.45) is 3.65. The highest BCUT2D eigenvalue weighted by molar-refractivity contribution is 5.28. The van der Waals surface area contributed by atoms with Gasteiger partial charge in [-0.1, -0.05) is 12.1 Å². The van der Waals surface area contributed by atoms with Crippen molar-refractivity contribution in [1.29, 1.82) is 0 Å². The zero-order valence-corrected chi connectivity index (χ0v) is 10.8. The predicted octanol–water partition coefficient (Wildman–Crippen LogP) is 2.50. The second-order valence-electron chi connectivity index (χ2n) is 4.32. The van der Waals surface area contributed by atoms with Crippen molar-refractivity contribution in [2.45, 2.75) is 33.0 Å². The molecule has 1 heterocycles. The fourth-order valence-electron chi connectivity index (χ4n) is 1.78. The maximum atomic E-state index is 5.80. The molecule has 1 aromatic heterocycles. The minimum atomic E-state index is 0.0561. The van der Waals surface area contributed by atoms with Crippen LogP contribution in [-0.2, 0) is 13.2 Å². The van der Waals surface area contributed by atoms with Crippen LogP contribution in [0.4, 0.5) is 0 Å². The predicted molar refractivity (Wildman–Crippen MR) is 71.3 cm³/mol. The SMILES string of the molecule is CCn1cncc1COc1ccc([C@@H](C)N)cc1. The lowest BCUT2D eigenvalue weighted by Gasteiger charge is -2.10. The Morgan fingerprint density at radius 2 is 2.06 bits per heavy atom. The molecule has 1 atom stereocenters. The van der Waals surface area contributed by atoms with Crippen LogP contribution in [0.5, 0.6) is 5.75 Å². The molecule has 0 radical (unpaired) electrons. The van der Waals surface area contributed by atoms with Gasteiger partial charge >= 0.3 is 0 Å². The van der Waals surface area contributed by atoms with Gasteiger partial charge in [0.15, 0.2) is 0 Å². The summed E-state index contributed by atoms with van der Waals surface area (Å²) >= 11 is 0. The van der Waals surface area contributed by atoms with Crippen molar-refractivity contribution < 1.29 is 4.74 Å². The number of rotatable bonds is 5. The number of hydrogen-bond donors (Lipinski definition) is 1. The first-order valence-electron chi connectivity index (χ1n) is 6.18. The molecule has 4 nitrogen and oxygen atoms in total. The highest BCUT2D eigenvalue weighted by Gasteiger charge is 2.03. The summed E-state index contributed by atoms with van der Waals surface area (Å²) in [5, 5.41) is 0. The maximum absolute atomic E-state index is 5.80. The number of aryl methyl sites for hydroxylation is 1. The highest BCUT2D eigenvalue weighted by Crippen LogP contribution is 2.17. The molecule has 0 saturated carbocycles. The van der Waals surface area contributed by atoms with Gasteiger partial charge in [-0.2, -0.15) is 0 Å². The summed E-state index contributed by atoms with van der Waals surface area (Å²) in [5.41, 5.74) is 7.99. The van der Waals surface area contributed by atoms with E-state index < -0.39 is 0 Å². The third-order valence-corrected chi connectivity index (χ3v) is 2.93. The zero-order valence-electron chi connectivity index (χ0n) is 10.8. The van der Waals surface area contributed by atoms with E-state index in [2.05, 4.69) is 16.5 Å². The third-order valence-electron chi connectivity index (χ3n) is 2.93. The summed E-state index contributed by atoms with van der Waals surface area (Å²) in [6.45, 7) is 5.49. The lowest BCUT2D eigenvalue weighted by atomic mass is 10.1. The molecule has 0 fully saturated rings. The summed E-state index contributed by atoms with van der Waals surface area (Å²) in [5.74, 6) is 0.850. The molecule has 2 N–H and O–H groups in total. The molecule has 0 aliphatic rings. The molecule has 0 spiro atoms. The summed E-state index contributed by atoms with van der Waals surface area (Å²) in [7, 11) is 0. The van der Waals surface area contributed by atoms with Crippen LogP contribution < -0.4 is 10.5 Å². The largest absolute Gasteiger partial charge is 0.487 e. The Balaban J connectivity index is 1.98. The average molecular weight is 245 g/mol. The van der Waals surface area contributed by atoms with E-state index in [9.17, 15) is 0 Å². The van der Waals surface area contributed by atoms with E-state index >= 15 is 0 Å². The fraction of sp³-hybridized carbons (Fsp3) is 0.357. The molecule has 18 heavy (non-hydrogen) atoms. The normalized spacial score (nSPS) is 12.4. The molecular weight excluding hydrogens is 226 g/mol. The van der Waals surface area contributed by atoms with Crippen molar-refractivity contribution in [2.75, 3.05) is 0 Å². The van der Waals surface area contributed by atoms with Crippen LogP contribution in [0.25, 0.3) is 0 Å². The quantitative estimate of drug-likeness (QED) is 0.880. The van der Waals surface area contributed by atoms with Crippen LogP contribution in [0.15, 0.2) is 36.8 Å². The second-order valence-corrected chi connectivity index (χ2v) is 4.32. The lowest BCUT2D eigenvalue weighted by Crippen LogP contribution is -2.05. The molecule has 0 amide bonds. The van der Waals surface area contributed by atoms with E-state index in [0.717, 1.165) is 23.6 Å². The maximum Gasteiger partial charge on any atom is 0.130 e. The van der Waals surface area contributed by atoms with Crippen LogP contribution in [0, 0.1) is 0 Å². The van der Waals surface area contributed by atoms with Crippen molar-refractivity contribution in [3.8, 4) is 5.75 Å².